The number of fused-ring (bicyclic) bond motifs is 3. The van der Waals surface area contributed by atoms with Crippen molar-refractivity contribution in [1.82, 2.24) is 14.7 Å². The summed E-state index contributed by atoms with van der Waals surface area (Å²) < 4.78 is 7.35. The normalized spacial score (nSPS) is 15.8. The Bertz CT molecular complexity index is 1040. The molecule has 0 radical (unpaired) electrons. The summed E-state index contributed by atoms with van der Waals surface area (Å²) in [7, 11) is 0. The van der Waals surface area contributed by atoms with Crippen molar-refractivity contribution < 1.29 is 9.53 Å². The molecule has 1 saturated heterocycles. The van der Waals surface area contributed by atoms with Crippen molar-refractivity contribution >= 4 is 17.7 Å². The first-order valence-electron chi connectivity index (χ1n) is 9.51. The molecule has 1 fully saturated rings. The van der Waals surface area contributed by atoms with Crippen LogP contribution in [0.3, 0.4) is 0 Å². The molecule has 6 heteroatoms. The zero-order valence-electron chi connectivity index (χ0n) is 15.7. The summed E-state index contributed by atoms with van der Waals surface area (Å²) in [5.74, 6) is 0.761. The Balaban J connectivity index is 1.70. The minimum atomic E-state index is 0.00549. The molecule has 0 bridgehead atoms. The number of para-hydroxylation sites is 1. The highest BCUT2D eigenvalue weighted by Crippen LogP contribution is 2.45. The molecule has 0 saturated carbocycles. The monoisotopic (exact) mass is 391 g/mol. The van der Waals surface area contributed by atoms with Gasteiger partial charge in [0, 0.05) is 34.9 Å². The minimum absolute atomic E-state index is 0.00549. The van der Waals surface area contributed by atoms with Crippen molar-refractivity contribution in [3.8, 4) is 16.9 Å². The first kappa shape index (κ1) is 17.5. The second kappa shape index (κ2) is 7.11. The minimum Gasteiger partial charge on any atom is -0.378 e. The number of benzene rings is 2. The maximum Gasteiger partial charge on any atom is 0.274 e. The molecule has 28 heavy (non-hydrogen) atoms. The smallest absolute Gasteiger partial charge is 0.274 e. The highest BCUT2D eigenvalue weighted by Gasteiger charge is 2.32. The van der Waals surface area contributed by atoms with Crippen LogP contribution in [-0.4, -0.2) is 46.9 Å². The van der Waals surface area contributed by atoms with Gasteiger partial charge in [-0.3, -0.25) is 4.79 Å². The maximum absolute atomic E-state index is 13.3. The van der Waals surface area contributed by atoms with Crippen LogP contribution in [-0.2, 0) is 10.5 Å². The molecule has 0 spiro atoms. The average Bonchev–Trinajstić information content (AvgIpc) is 3.15. The first-order valence-corrected chi connectivity index (χ1v) is 10.5. The second-order valence-electron chi connectivity index (χ2n) is 7.07. The van der Waals surface area contributed by atoms with Gasteiger partial charge >= 0.3 is 0 Å². The fraction of sp³-hybridized carbons (Fsp3) is 0.273. The summed E-state index contributed by atoms with van der Waals surface area (Å²) in [6, 6.07) is 16.4. The van der Waals surface area contributed by atoms with Gasteiger partial charge in [-0.2, -0.15) is 5.10 Å². The van der Waals surface area contributed by atoms with Crippen molar-refractivity contribution in [2.45, 2.75) is 17.6 Å². The molecule has 0 unspecified atom stereocenters. The first-order chi connectivity index (χ1) is 13.7. The number of morpholine rings is 1. The number of hydrogen-bond donors (Lipinski definition) is 0. The van der Waals surface area contributed by atoms with Crippen LogP contribution in [0.25, 0.3) is 16.9 Å². The SMILES string of the molecule is Cc1cccc2c1SCc1c(C(=O)N3CCOCC3)nn(-c3ccccc3)c1-2. The van der Waals surface area contributed by atoms with Crippen LogP contribution in [0.1, 0.15) is 21.6 Å². The number of carbonyl (C=O) groups excluding carboxylic acids is 1. The number of nitrogens with zero attached hydrogens (tertiary/aromatic N) is 3. The molecule has 1 amide bonds. The van der Waals surface area contributed by atoms with Gasteiger partial charge in [0.1, 0.15) is 0 Å². The third kappa shape index (κ3) is 2.84. The van der Waals surface area contributed by atoms with Gasteiger partial charge in [-0.25, -0.2) is 4.68 Å². The Morgan fingerprint density at radius 1 is 1.07 bits per heavy atom. The summed E-state index contributed by atoms with van der Waals surface area (Å²) in [6.07, 6.45) is 0. The highest BCUT2D eigenvalue weighted by atomic mass is 32.2. The van der Waals surface area contributed by atoms with Gasteiger partial charge in [-0.15, -0.1) is 11.8 Å². The van der Waals surface area contributed by atoms with Gasteiger partial charge < -0.3 is 9.64 Å². The molecule has 3 aromatic rings. The van der Waals surface area contributed by atoms with E-state index in [1.54, 1.807) is 11.8 Å². The Morgan fingerprint density at radius 3 is 2.64 bits per heavy atom. The third-order valence-electron chi connectivity index (χ3n) is 5.31. The zero-order chi connectivity index (χ0) is 19.1. The summed E-state index contributed by atoms with van der Waals surface area (Å²) in [6.45, 7) is 4.55. The van der Waals surface area contributed by atoms with E-state index in [1.807, 2.05) is 39.9 Å². The van der Waals surface area contributed by atoms with Gasteiger partial charge in [0.25, 0.3) is 5.91 Å². The predicted molar refractivity (Wildman–Crippen MR) is 110 cm³/mol. The van der Waals surface area contributed by atoms with Gasteiger partial charge in [0.15, 0.2) is 5.69 Å². The van der Waals surface area contributed by atoms with Crippen molar-refractivity contribution in [3.05, 3.63) is 65.4 Å². The van der Waals surface area contributed by atoms with E-state index in [4.69, 9.17) is 9.84 Å². The summed E-state index contributed by atoms with van der Waals surface area (Å²) >= 11 is 1.80. The van der Waals surface area contributed by atoms with Crippen molar-refractivity contribution in [2.24, 2.45) is 0 Å². The van der Waals surface area contributed by atoms with E-state index < -0.39 is 0 Å². The van der Waals surface area contributed by atoms with E-state index in [1.165, 1.54) is 10.5 Å². The third-order valence-corrected chi connectivity index (χ3v) is 6.58. The number of amides is 1. The van der Waals surface area contributed by atoms with Gasteiger partial charge in [0.05, 0.1) is 24.6 Å². The van der Waals surface area contributed by atoms with Crippen LogP contribution in [0.5, 0.6) is 0 Å². The number of aromatic nitrogens is 2. The molecular formula is C22H21N3O2S. The fourth-order valence-electron chi connectivity index (χ4n) is 3.88. The highest BCUT2D eigenvalue weighted by molar-refractivity contribution is 7.98. The van der Waals surface area contributed by atoms with E-state index in [9.17, 15) is 4.79 Å². The predicted octanol–water partition coefficient (Wildman–Crippen LogP) is 3.93. The molecule has 3 heterocycles. The van der Waals surface area contributed by atoms with E-state index in [0.717, 1.165) is 28.3 Å². The summed E-state index contributed by atoms with van der Waals surface area (Å²) in [4.78, 5) is 16.4. The lowest BCUT2D eigenvalue weighted by Gasteiger charge is -2.26. The number of carbonyl (C=O) groups is 1. The lowest BCUT2D eigenvalue weighted by molar-refractivity contribution is 0.0298. The molecular weight excluding hydrogens is 370 g/mol. The van der Waals surface area contributed by atoms with Crippen molar-refractivity contribution in [2.75, 3.05) is 26.3 Å². The largest absolute Gasteiger partial charge is 0.378 e. The zero-order valence-corrected chi connectivity index (χ0v) is 16.5. The lowest BCUT2D eigenvalue weighted by Crippen LogP contribution is -2.41. The van der Waals surface area contributed by atoms with Crippen molar-refractivity contribution in [1.29, 1.82) is 0 Å². The Kier molecular flexibility index (Phi) is 4.45. The number of rotatable bonds is 2. The quantitative estimate of drug-likeness (QED) is 0.664. The van der Waals surface area contributed by atoms with Gasteiger partial charge in [0.2, 0.25) is 0 Å². The standard InChI is InChI=1S/C22H21N3O2S/c1-15-6-5-9-17-20-18(14-28-21(15)17)19(22(26)24-10-12-27-13-11-24)23-25(20)16-7-3-2-4-8-16/h2-9H,10-14H2,1H3. The Morgan fingerprint density at radius 2 is 1.86 bits per heavy atom. The van der Waals surface area contributed by atoms with Crippen LogP contribution < -0.4 is 0 Å². The Labute approximate surface area is 168 Å². The second-order valence-corrected chi connectivity index (χ2v) is 8.05. The molecule has 5 nitrogen and oxygen atoms in total. The van der Waals surface area contributed by atoms with Gasteiger partial charge in [-0.05, 0) is 24.6 Å². The molecule has 1 aromatic heterocycles. The molecule has 0 N–H and O–H groups in total. The molecule has 0 aliphatic carbocycles. The number of ether oxygens (including phenoxy) is 1. The maximum atomic E-state index is 13.3. The lowest BCUT2D eigenvalue weighted by atomic mass is 10.0. The average molecular weight is 391 g/mol. The molecule has 142 valence electrons. The molecule has 5 rings (SSSR count). The van der Waals surface area contributed by atoms with Crippen LogP contribution in [0.15, 0.2) is 53.4 Å². The van der Waals surface area contributed by atoms with E-state index in [-0.39, 0.29) is 5.91 Å². The summed E-state index contributed by atoms with van der Waals surface area (Å²) in [5.41, 5.74) is 6.03. The number of thioether (sulfide) groups is 1. The topological polar surface area (TPSA) is 47.4 Å². The van der Waals surface area contributed by atoms with E-state index in [0.29, 0.717) is 32.0 Å². The molecule has 2 aliphatic heterocycles. The van der Waals surface area contributed by atoms with Gasteiger partial charge in [-0.1, -0.05) is 36.4 Å². The van der Waals surface area contributed by atoms with Crippen LogP contribution in [0.2, 0.25) is 0 Å². The Hall–Kier alpha value is -2.57. The molecule has 2 aliphatic rings. The number of aryl methyl sites for hydroxylation is 1. The molecule has 0 atom stereocenters. The van der Waals surface area contributed by atoms with E-state index in [2.05, 4.69) is 25.1 Å². The number of hydrogen-bond acceptors (Lipinski definition) is 4. The van der Waals surface area contributed by atoms with E-state index >= 15 is 0 Å². The molecule has 2 aromatic carbocycles. The summed E-state index contributed by atoms with van der Waals surface area (Å²) in [5, 5.41) is 4.84. The van der Waals surface area contributed by atoms with Crippen LogP contribution in [0, 0.1) is 6.92 Å². The fourth-order valence-corrected chi connectivity index (χ4v) is 5.06. The van der Waals surface area contributed by atoms with Crippen LogP contribution >= 0.6 is 11.8 Å². The van der Waals surface area contributed by atoms with Crippen molar-refractivity contribution in [3.63, 3.8) is 0 Å². The van der Waals surface area contributed by atoms with Crippen LogP contribution in [0.4, 0.5) is 0 Å².